The molecule has 2 fully saturated rings. The van der Waals surface area contributed by atoms with E-state index >= 15 is 4.39 Å². The molecule has 0 aromatic heterocycles. The van der Waals surface area contributed by atoms with Crippen molar-refractivity contribution in [2.24, 2.45) is 22.7 Å². The summed E-state index contributed by atoms with van der Waals surface area (Å²) in [6.45, 7) is 2.23. The van der Waals surface area contributed by atoms with E-state index in [2.05, 4.69) is 0 Å². The maximum Gasteiger partial charge on any atom is 0.195 e. The highest BCUT2D eigenvalue weighted by Crippen LogP contribution is 2.70. The van der Waals surface area contributed by atoms with Crippen molar-refractivity contribution in [1.29, 1.82) is 0 Å². The minimum absolute atomic E-state index is 0.0905. The Morgan fingerprint density at radius 3 is 2.71 bits per heavy atom. The van der Waals surface area contributed by atoms with Crippen LogP contribution in [0, 0.1) is 22.7 Å². The molecule has 4 aliphatic carbocycles. The van der Waals surface area contributed by atoms with Crippen LogP contribution in [0.3, 0.4) is 0 Å². The van der Waals surface area contributed by atoms with Crippen LogP contribution in [0.25, 0.3) is 0 Å². The third-order valence-electron chi connectivity index (χ3n) is 7.95. The molecule has 4 rings (SSSR count). The lowest BCUT2D eigenvalue weighted by molar-refractivity contribution is -0.157. The molecule has 0 unspecified atom stereocenters. The molecule has 0 aliphatic heterocycles. The molecule has 0 amide bonds. The summed E-state index contributed by atoms with van der Waals surface area (Å²) < 4.78 is 28.3. The molecular weight excluding hydrogens is 409 g/mol. The summed E-state index contributed by atoms with van der Waals surface area (Å²) >= 11 is 14.0. The summed E-state index contributed by atoms with van der Waals surface area (Å²) in [5.74, 6) is -2.65. The average molecular weight is 431 g/mol. The Labute approximate surface area is 172 Å². The number of hydrogen-bond acceptors (Lipinski definition) is 3. The maximum atomic E-state index is 15.1. The number of carbonyl (C=O) groups is 2. The Morgan fingerprint density at radius 2 is 2.07 bits per heavy atom. The van der Waals surface area contributed by atoms with Crippen LogP contribution in [0.15, 0.2) is 35.7 Å². The highest BCUT2D eigenvalue weighted by molar-refractivity contribution is 6.34. The van der Waals surface area contributed by atoms with Crippen LogP contribution >= 0.6 is 23.2 Å². The topological polar surface area (TPSA) is 54.4 Å². The highest BCUT2D eigenvalue weighted by atomic mass is 35.5. The lowest BCUT2D eigenvalue weighted by atomic mass is 9.48. The molecule has 0 radical (unpaired) electrons. The first-order valence-electron chi connectivity index (χ1n) is 9.43. The second-order valence-corrected chi connectivity index (χ2v) is 10.1. The predicted octanol–water partition coefficient (Wildman–Crippen LogP) is 4.22. The van der Waals surface area contributed by atoms with Gasteiger partial charge in [0.2, 0.25) is 0 Å². The first-order valence-corrected chi connectivity index (χ1v) is 10.2. The average Bonchev–Trinajstić information content (AvgIpc) is 2.91. The Balaban J connectivity index is 1.90. The van der Waals surface area contributed by atoms with Crippen molar-refractivity contribution in [3.63, 3.8) is 0 Å². The summed E-state index contributed by atoms with van der Waals surface area (Å²) in [6, 6.07) is 0. The van der Waals surface area contributed by atoms with Crippen LogP contribution in [0.2, 0.25) is 0 Å². The van der Waals surface area contributed by atoms with E-state index in [1.807, 2.05) is 0 Å². The van der Waals surface area contributed by atoms with Crippen LogP contribution in [-0.4, -0.2) is 39.2 Å². The number of alkyl halides is 3. The predicted molar refractivity (Wildman–Crippen MR) is 103 cm³/mol. The number of carbonyl (C=O) groups excluding carboxylic acids is 2. The van der Waals surface area contributed by atoms with Crippen LogP contribution in [0.5, 0.6) is 0 Å². The van der Waals surface area contributed by atoms with Gasteiger partial charge < -0.3 is 5.11 Å². The molecule has 0 bridgehead atoms. The number of Topliss-reactive ketones (excluding diaryl/α,β-unsaturated/α-hetero) is 1. The quantitative estimate of drug-likeness (QED) is 0.667. The first kappa shape index (κ1) is 20.2. The van der Waals surface area contributed by atoms with Gasteiger partial charge in [0.1, 0.15) is 11.4 Å². The summed E-state index contributed by atoms with van der Waals surface area (Å²) in [7, 11) is 0. The Bertz CT molecular complexity index is 868. The fraction of sp³-hybridized carbons (Fsp3) is 0.619. The van der Waals surface area contributed by atoms with E-state index in [4.69, 9.17) is 23.2 Å². The largest absolute Gasteiger partial charge is 0.381 e. The normalized spacial score (nSPS) is 49.7. The fourth-order valence-electron chi connectivity index (χ4n) is 6.25. The standard InChI is InChI=1S/C21H22Cl2F2O3/c1-18-5-3-11(26)7-14(18)15(25)8-13-12-4-6-20(28,17(27)10-24)19(12,2)9-16(22)21(13,18)23/h3,5,7-8,12-13,16,28H,4,6,9-10H2,1-2H3/t12-,13-,16-,18-,19-,20-,21-/m0/s1. The molecule has 152 valence electrons. The zero-order chi connectivity index (χ0) is 20.7. The van der Waals surface area contributed by atoms with Gasteiger partial charge in [0, 0.05) is 22.3 Å². The van der Waals surface area contributed by atoms with E-state index in [-0.39, 0.29) is 30.1 Å². The van der Waals surface area contributed by atoms with Gasteiger partial charge in [0.25, 0.3) is 0 Å². The molecule has 0 aromatic rings. The number of hydrogen-bond donors (Lipinski definition) is 1. The minimum Gasteiger partial charge on any atom is -0.381 e. The Kier molecular flexibility index (Phi) is 4.33. The van der Waals surface area contributed by atoms with E-state index < -0.39 is 50.9 Å². The van der Waals surface area contributed by atoms with Crippen LogP contribution in [0.4, 0.5) is 8.78 Å². The van der Waals surface area contributed by atoms with Gasteiger partial charge in [0.15, 0.2) is 18.2 Å². The number of allylic oxidation sites excluding steroid dienone is 6. The second-order valence-electron chi connectivity index (χ2n) is 8.96. The summed E-state index contributed by atoms with van der Waals surface area (Å²) in [4.78, 5) is 23.0. The summed E-state index contributed by atoms with van der Waals surface area (Å²) in [5, 5.41) is 10.4. The molecular formula is C21H22Cl2F2O3. The van der Waals surface area contributed by atoms with Crippen LogP contribution in [0.1, 0.15) is 33.1 Å². The van der Waals surface area contributed by atoms with Crippen LogP contribution in [-0.2, 0) is 9.59 Å². The SMILES string of the molecule is C[C@]12C=CC(=O)C=C1C(F)=C[C@H]1[C@@H]3CC[C@](O)(C(=O)CF)[C@@]3(C)C[C@H](Cl)[C@@]12Cl. The van der Waals surface area contributed by atoms with Gasteiger partial charge in [-0.25, -0.2) is 8.78 Å². The zero-order valence-electron chi connectivity index (χ0n) is 15.6. The molecule has 28 heavy (non-hydrogen) atoms. The van der Waals surface area contributed by atoms with E-state index in [0.717, 1.165) is 0 Å². The third-order valence-corrected chi connectivity index (χ3v) is 9.47. The third kappa shape index (κ3) is 2.13. The van der Waals surface area contributed by atoms with Crippen molar-refractivity contribution in [3.05, 3.63) is 35.7 Å². The number of ketones is 2. The second kappa shape index (κ2) is 5.99. The maximum absolute atomic E-state index is 15.1. The van der Waals surface area contributed by atoms with Crippen molar-refractivity contribution in [2.45, 2.75) is 49.0 Å². The molecule has 4 aliphatic rings. The van der Waals surface area contributed by atoms with Crippen molar-refractivity contribution in [1.82, 2.24) is 0 Å². The van der Waals surface area contributed by atoms with Gasteiger partial charge in [-0.2, -0.15) is 0 Å². The zero-order valence-corrected chi connectivity index (χ0v) is 17.2. The molecule has 2 saturated carbocycles. The molecule has 3 nitrogen and oxygen atoms in total. The molecule has 0 saturated heterocycles. The van der Waals surface area contributed by atoms with E-state index in [1.165, 1.54) is 18.2 Å². The smallest absolute Gasteiger partial charge is 0.195 e. The van der Waals surface area contributed by atoms with Gasteiger partial charge in [-0.1, -0.05) is 19.9 Å². The van der Waals surface area contributed by atoms with Crippen LogP contribution < -0.4 is 0 Å². The number of fused-ring (bicyclic) bond motifs is 5. The summed E-state index contributed by atoms with van der Waals surface area (Å²) in [6.07, 6.45) is 6.30. The minimum atomic E-state index is -1.85. The van der Waals surface area contributed by atoms with E-state index in [9.17, 15) is 19.1 Å². The monoisotopic (exact) mass is 430 g/mol. The molecule has 0 spiro atoms. The lowest BCUT2D eigenvalue weighted by Crippen LogP contribution is -2.66. The Morgan fingerprint density at radius 1 is 1.39 bits per heavy atom. The van der Waals surface area contributed by atoms with Crippen molar-refractivity contribution in [3.8, 4) is 0 Å². The van der Waals surface area contributed by atoms with Crippen molar-refractivity contribution < 1.29 is 23.5 Å². The van der Waals surface area contributed by atoms with Gasteiger partial charge in [-0.15, -0.1) is 23.2 Å². The number of halogens is 4. The molecule has 0 heterocycles. The van der Waals surface area contributed by atoms with E-state index in [1.54, 1.807) is 19.9 Å². The fourth-order valence-corrected chi connectivity index (χ4v) is 7.40. The molecule has 1 N–H and O–H groups in total. The molecule has 0 aromatic carbocycles. The highest BCUT2D eigenvalue weighted by Gasteiger charge is 2.72. The van der Waals surface area contributed by atoms with Crippen molar-refractivity contribution in [2.75, 3.05) is 6.67 Å². The van der Waals surface area contributed by atoms with E-state index in [0.29, 0.717) is 6.42 Å². The number of rotatable bonds is 2. The molecule has 7 atom stereocenters. The van der Waals surface area contributed by atoms with Gasteiger partial charge in [-0.3, -0.25) is 9.59 Å². The van der Waals surface area contributed by atoms with Gasteiger partial charge in [0.05, 0.1) is 10.3 Å². The molecule has 7 heteroatoms. The number of aliphatic hydroxyl groups is 1. The van der Waals surface area contributed by atoms with Gasteiger partial charge >= 0.3 is 0 Å². The van der Waals surface area contributed by atoms with Crippen molar-refractivity contribution >= 4 is 34.8 Å². The Hall–Kier alpha value is -1.04. The first-order chi connectivity index (χ1) is 13.0. The van der Waals surface area contributed by atoms with Gasteiger partial charge in [-0.05, 0) is 43.4 Å². The summed E-state index contributed by atoms with van der Waals surface area (Å²) in [5.41, 5.74) is -3.69. The lowest BCUT2D eigenvalue weighted by Gasteiger charge is -2.62.